The van der Waals surface area contributed by atoms with E-state index in [4.69, 9.17) is 0 Å². The fourth-order valence-corrected chi connectivity index (χ4v) is 2.45. The van der Waals surface area contributed by atoms with Gasteiger partial charge in [0.25, 0.3) is 0 Å². The van der Waals surface area contributed by atoms with Crippen LogP contribution >= 0.6 is 0 Å². The molecule has 0 aliphatic carbocycles. The number of benzene rings is 2. The summed E-state index contributed by atoms with van der Waals surface area (Å²) >= 11 is 0. The number of halogens is 2. The molecule has 0 aromatic heterocycles. The molecule has 2 rings (SSSR count). The van der Waals surface area contributed by atoms with Crippen LogP contribution < -0.4 is 5.32 Å². The zero-order chi connectivity index (χ0) is 15.2. The van der Waals surface area contributed by atoms with Crippen molar-refractivity contribution in [1.29, 1.82) is 0 Å². The normalized spacial score (nSPS) is 12.4. The van der Waals surface area contributed by atoms with Gasteiger partial charge in [-0.15, -0.1) is 0 Å². The Balaban J connectivity index is 2.30. The maximum Gasteiger partial charge on any atom is 0.128 e. The molecule has 0 aliphatic rings. The van der Waals surface area contributed by atoms with Gasteiger partial charge >= 0.3 is 0 Å². The van der Waals surface area contributed by atoms with Crippen molar-refractivity contribution in [3.8, 4) is 0 Å². The van der Waals surface area contributed by atoms with Crippen LogP contribution in [0.5, 0.6) is 0 Å². The van der Waals surface area contributed by atoms with E-state index in [-0.39, 0.29) is 11.9 Å². The predicted octanol–water partition coefficient (Wildman–Crippen LogP) is 4.56. The Hall–Kier alpha value is -1.74. The van der Waals surface area contributed by atoms with E-state index in [0.717, 1.165) is 30.2 Å². The van der Waals surface area contributed by atoms with E-state index in [1.165, 1.54) is 12.1 Å². The third-order valence-corrected chi connectivity index (χ3v) is 3.66. The fourth-order valence-electron chi connectivity index (χ4n) is 2.45. The zero-order valence-electron chi connectivity index (χ0n) is 12.5. The average Bonchev–Trinajstić information content (AvgIpc) is 2.48. The molecule has 0 bridgehead atoms. The lowest BCUT2D eigenvalue weighted by molar-refractivity contribution is 0.490. The summed E-state index contributed by atoms with van der Waals surface area (Å²) in [5.41, 5.74) is 2.71. The Kier molecular flexibility index (Phi) is 5.45. The molecule has 112 valence electrons. The van der Waals surface area contributed by atoms with Crippen molar-refractivity contribution in [2.24, 2.45) is 0 Å². The number of nitrogens with one attached hydrogen (secondary N) is 1. The highest BCUT2D eigenvalue weighted by molar-refractivity contribution is 5.30. The molecule has 0 amide bonds. The molecule has 1 nitrogen and oxygen atoms in total. The number of hydrogen-bond acceptors (Lipinski definition) is 1. The second-order valence-electron chi connectivity index (χ2n) is 5.30. The van der Waals surface area contributed by atoms with Gasteiger partial charge in [0.2, 0.25) is 0 Å². The lowest BCUT2D eigenvalue weighted by Gasteiger charge is -2.21. The van der Waals surface area contributed by atoms with E-state index in [1.54, 1.807) is 0 Å². The van der Waals surface area contributed by atoms with E-state index in [2.05, 4.69) is 12.2 Å². The summed E-state index contributed by atoms with van der Waals surface area (Å²) in [4.78, 5) is 0. The minimum absolute atomic E-state index is 0.221. The summed E-state index contributed by atoms with van der Waals surface area (Å²) in [6, 6.07) is 11.5. The molecule has 0 saturated heterocycles. The molecule has 1 atom stereocenters. The van der Waals surface area contributed by atoms with Crippen molar-refractivity contribution >= 4 is 0 Å². The Labute approximate surface area is 125 Å². The lowest BCUT2D eigenvalue weighted by atomic mass is 9.95. The van der Waals surface area contributed by atoms with Gasteiger partial charge in [-0.2, -0.15) is 0 Å². The highest BCUT2D eigenvalue weighted by Gasteiger charge is 2.17. The molecule has 0 radical (unpaired) electrons. The highest BCUT2D eigenvalue weighted by Crippen LogP contribution is 2.23. The van der Waals surface area contributed by atoms with E-state index < -0.39 is 5.82 Å². The van der Waals surface area contributed by atoms with Crippen molar-refractivity contribution in [2.45, 2.75) is 32.7 Å². The minimum atomic E-state index is -0.403. The first-order chi connectivity index (χ1) is 10.1. The summed E-state index contributed by atoms with van der Waals surface area (Å²) in [6.07, 6.45) is 1.59. The van der Waals surface area contributed by atoms with E-state index in [1.807, 2.05) is 31.2 Å². The highest BCUT2D eigenvalue weighted by atomic mass is 19.1. The van der Waals surface area contributed by atoms with Crippen molar-refractivity contribution in [1.82, 2.24) is 5.32 Å². The molecule has 3 heteroatoms. The van der Waals surface area contributed by atoms with E-state index in [9.17, 15) is 8.78 Å². The van der Waals surface area contributed by atoms with Crippen LogP contribution in [0.25, 0.3) is 0 Å². The Morgan fingerprint density at radius 3 is 2.57 bits per heavy atom. The van der Waals surface area contributed by atoms with Gasteiger partial charge in [-0.05, 0) is 55.6 Å². The van der Waals surface area contributed by atoms with E-state index >= 15 is 0 Å². The molecule has 0 fully saturated rings. The standard InChI is InChI=1S/C18H21F2N/c1-3-10-21-18(11-14-7-5-4-6-13(14)2)16-12-15(19)8-9-17(16)20/h4-9,12,18,21H,3,10-11H2,1-2H3. The van der Waals surface area contributed by atoms with Gasteiger partial charge in [0, 0.05) is 11.6 Å². The Morgan fingerprint density at radius 1 is 1.10 bits per heavy atom. The number of hydrogen-bond donors (Lipinski definition) is 1. The predicted molar refractivity (Wildman–Crippen MR) is 82.3 cm³/mol. The third kappa shape index (κ3) is 4.11. The maximum absolute atomic E-state index is 14.0. The van der Waals surface area contributed by atoms with Crippen LogP contribution in [-0.4, -0.2) is 6.54 Å². The smallest absolute Gasteiger partial charge is 0.128 e. The summed E-state index contributed by atoms with van der Waals surface area (Å²) in [5, 5.41) is 3.32. The first-order valence-corrected chi connectivity index (χ1v) is 7.34. The van der Waals surface area contributed by atoms with Gasteiger partial charge in [-0.25, -0.2) is 8.78 Å². The van der Waals surface area contributed by atoms with Crippen LogP contribution in [0.1, 0.15) is 36.1 Å². The second kappa shape index (κ2) is 7.32. The molecule has 1 unspecified atom stereocenters. The summed E-state index contributed by atoms with van der Waals surface area (Å²) in [7, 11) is 0. The van der Waals surface area contributed by atoms with Crippen molar-refractivity contribution in [3.05, 3.63) is 70.8 Å². The molecular weight excluding hydrogens is 268 g/mol. The molecule has 0 spiro atoms. The van der Waals surface area contributed by atoms with Crippen LogP contribution in [0.15, 0.2) is 42.5 Å². The molecule has 1 N–H and O–H groups in total. The van der Waals surface area contributed by atoms with E-state index in [0.29, 0.717) is 12.0 Å². The fraction of sp³-hybridized carbons (Fsp3) is 0.333. The molecule has 2 aromatic carbocycles. The molecule has 21 heavy (non-hydrogen) atoms. The topological polar surface area (TPSA) is 12.0 Å². The average molecular weight is 289 g/mol. The number of rotatable bonds is 6. The Bertz CT molecular complexity index is 596. The summed E-state index contributed by atoms with van der Waals surface area (Å²) in [5.74, 6) is -0.766. The third-order valence-electron chi connectivity index (χ3n) is 3.66. The Morgan fingerprint density at radius 2 is 1.86 bits per heavy atom. The largest absolute Gasteiger partial charge is 0.310 e. The van der Waals surface area contributed by atoms with Crippen molar-refractivity contribution in [2.75, 3.05) is 6.54 Å². The van der Waals surface area contributed by atoms with Crippen molar-refractivity contribution in [3.63, 3.8) is 0 Å². The van der Waals surface area contributed by atoms with Crippen LogP contribution in [0, 0.1) is 18.6 Å². The summed E-state index contributed by atoms with van der Waals surface area (Å²) in [6.45, 7) is 4.86. The van der Waals surface area contributed by atoms with Gasteiger partial charge < -0.3 is 5.32 Å². The lowest BCUT2D eigenvalue weighted by Crippen LogP contribution is -2.25. The summed E-state index contributed by atoms with van der Waals surface area (Å²) < 4.78 is 27.5. The monoisotopic (exact) mass is 289 g/mol. The van der Waals surface area contributed by atoms with Gasteiger partial charge in [0.1, 0.15) is 11.6 Å². The first kappa shape index (κ1) is 15.6. The van der Waals surface area contributed by atoms with Gasteiger partial charge in [0.15, 0.2) is 0 Å². The van der Waals surface area contributed by atoms with Crippen molar-refractivity contribution < 1.29 is 8.78 Å². The molecule has 0 heterocycles. The number of aryl methyl sites for hydroxylation is 1. The SMILES string of the molecule is CCCNC(Cc1ccccc1C)c1cc(F)ccc1F. The van der Waals surface area contributed by atoms with Crippen LogP contribution in [0.4, 0.5) is 8.78 Å². The van der Waals surface area contributed by atoms with Gasteiger partial charge in [-0.3, -0.25) is 0 Å². The second-order valence-corrected chi connectivity index (χ2v) is 5.30. The molecule has 2 aromatic rings. The molecule has 0 saturated carbocycles. The van der Waals surface area contributed by atoms with Gasteiger partial charge in [0.05, 0.1) is 0 Å². The first-order valence-electron chi connectivity index (χ1n) is 7.34. The molecule has 0 aliphatic heterocycles. The quantitative estimate of drug-likeness (QED) is 0.822. The van der Waals surface area contributed by atoms with Crippen LogP contribution in [0.3, 0.4) is 0 Å². The van der Waals surface area contributed by atoms with Gasteiger partial charge in [-0.1, -0.05) is 31.2 Å². The maximum atomic E-state index is 14.0. The zero-order valence-corrected chi connectivity index (χ0v) is 12.5. The van der Waals surface area contributed by atoms with Crippen LogP contribution in [0.2, 0.25) is 0 Å². The molecular formula is C18H21F2N. The minimum Gasteiger partial charge on any atom is -0.310 e. The van der Waals surface area contributed by atoms with Crippen LogP contribution in [-0.2, 0) is 6.42 Å².